The van der Waals surface area contributed by atoms with E-state index in [1.54, 1.807) is 0 Å². The van der Waals surface area contributed by atoms with E-state index in [2.05, 4.69) is 19.2 Å². The van der Waals surface area contributed by atoms with Gasteiger partial charge in [-0.05, 0) is 6.42 Å². The third-order valence-corrected chi connectivity index (χ3v) is 2.50. The van der Waals surface area contributed by atoms with Gasteiger partial charge in [0.15, 0.2) is 0 Å². The van der Waals surface area contributed by atoms with Gasteiger partial charge in [0.2, 0.25) is 0 Å². The van der Waals surface area contributed by atoms with Crippen LogP contribution in [0.25, 0.3) is 0 Å². The van der Waals surface area contributed by atoms with Crippen molar-refractivity contribution in [3.05, 3.63) is 12.7 Å². The molecule has 5 nitrogen and oxygen atoms in total. The first-order valence-corrected chi connectivity index (χ1v) is 5.03. The average molecular weight is 231 g/mol. The van der Waals surface area contributed by atoms with E-state index in [4.69, 9.17) is 9.84 Å². The first-order valence-electron chi connectivity index (χ1n) is 4.51. The Kier molecular flexibility index (Phi) is 4.02. The predicted molar refractivity (Wildman–Crippen MR) is 57.1 cm³/mol. The first kappa shape index (κ1) is 11.9. The predicted octanol–water partition coefficient (Wildman–Crippen LogP) is 0.766. The molecule has 15 heavy (non-hydrogen) atoms. The number of aliphatic carboxylic acids is 1. The number of likely N-dealkylation sites (tertiary alicyclic amines) is 1. The van der Waals surface area contributed by atoms with Crippen LogP contribution in [0.15, 0.2) is 12.7 Å². The number of amides is 1. The Hall–Kier alpha value is -1.17. The summed E-state index contributed by atoms with van der Waals surface area (Å²) in [5.74, 6) is -1.03. The van der Waals surface area contributed by atoms with Crippen molar-refractivity contribution in [1.82, 2.24) is 4.90 Å². The molecule has 1 aliphatic heterocycles. The molecule has 1 aliphatic rings. The number of carboxylic acid groups (broad SMARTS) is 1. The molecule has 1 fully saturated rings. The molecule has 1 N–H and O–H groups in total. The number of carboxylic acids is 1. The lowest BCUT2D eigenvalue weighted by Gasteiger charge is -2.20. The van der Waals surface area contributed by atoms with Crippen LogP contribution in [0.5, 0.6) is 0 Å². The molecule has 0 bridgehead atoms. The standard InChI is InChI=1S/C9H13NO4S/c1-2-3-14-9(13)10-5-6(15)4-7(10)8(11)12/h2,6-7,15H,1,3-5H2,(H,11,12)/t6-,7+/m1/s1. The highest BCUT2D eigenvalue weighted by Gasteiger charge is 2.39. The fourth-order valence-corrected chi connectivity index (χ4v) is 1.84. The maximum atomic E-state index is 11.4. The monoisotopic (exact) mass is 231 g/mol. The number of hydrogen-bond donors (Lipinski definition) is 2. The van der Waals surface area contributed by atoms with Gasteiger partial charge >= 0.3 is 12.1 Å². The number of carbonyl (C=O) groups is 2. The van der Waals surface area contributed by atoms with Crippen molar-refractivity contribution < 1.29 is 19.4 Å². The van der Waals surface area contributed by atoms with Gasteiger partial charge in [-0.3, -0.25) is 4.90 Å². The topological polar surface area (TPSA) is 66.8 Å². The van der Waals surface area contributed by atoms with Crippen LogP contribution in [0.4, 0.5) is 4.79 Å². The molecule has 0 unspecified atom stereocenters. The van der Waals surface area contributed by atoms with Crippen LogP contribution in [0.2, 0.25) is 0 Å². The van der Waals surface area contributed by atoms with E-state index in [1.807, 2.05) is 0 Å². The molecule has 1 saturated heterocycles. The minimum atomic E-state index is -1.03. The normalized spacial score (nSPS) is 25.0. The second kappa shape index (κ2) is 5.06. The van der Waals surface area contributed by atoms with Crippen molar-refractivity contribution in [2.75, 3.05) is 13.2 Å². The van der Waals surface area contributed by atoms with E-state index in [-0.39, 0.29) is 11.9 Å². The Labute approximate surface area is 93.1 Å². The zero-order valence-corrected chi connectivity index (χ0v) is 9.02. The Bertz CT molecular complexity index is 281. The molecular formula is C9H13NO4S. The summed E-state index contributed by atoms with van der Waals surface area (Å²) >= 11 is 4.16. The van der Waals surface area contributed by atoms with E-state index in [1.165, 1.54) is 11.0 Å². The van der Waals surface area contributed by atoms with Crippen LogP contribution in [0.3, 0.4) is 0 Å². The molecule has 0 radical (unpaired) electrons. The largest absolute Gasteiger partial charge is 0.480 e. The highest BCUT2D eigenvalue weighted by atomic mass is 32.1. The van der Waals surface area contributed by atoms with Crippen molar-refractivity contribution in [2.45, 2.75) is 17.7 Å². The van der Waals surface area contributed by atoms with E-state index in [0.717, 1.165) is 0 Å². The quantitative estimate of drug-likeness (QED) is 0.556. The fraction of sp³-hybridized carbons (Fsp3) is 0.556. The van der Waals surface area contributed by atoms with Crippen LogP contribution < -0.4 is 0 Å². The van der Waals surface area contributed by atoms with Crippen LogP contribution >= 0.6 is 12.6 Å². The average Bonchev–Trinajstić information content (AvgIpc) is 2.57. The van der Waals surface area contributed by atoms with Crippen molar-refractivity contribution in [1.29, 1.82) is 0 Å². The Morgan fingerprint density at radius 2 is 2.33 bits per heavy atom. The first-order chi connectivity index (χ1) is 7.06. The molecule has 1 rings (SSSR count). The molecule has 84 valence electrons. The van der Waals surface area contributed by atoms with Gasteiger partial charge < -0.3 is 9.84 Å². The van der Waals surface area contributed by atoms with Crippen LogP contribution in [0, 0.1) is 0 Å². The number of nitrogens with zero attached hydrogens (tertiary/aromatic N) is 1. The van der Waals surface area contributed by atoms with Gasteiger partial charge in [0.1, 0.15) is 12.6 Å². The molecule has 0 saturated carbocycles. The Balaban J connectivity index is 2.62. The molecule has 0 spiro atoms. The number of rotatable bonds is 3. The lowest BCUT2D eigenvalue weighted by atomic mass is 10.2. The zero-order chi connectivity index (χ0) is 11.4. The summed E-state index contributed by atoms with van der Waals surface area (Å²) in [5, 5.41) is 8.76. The fourth-order valence-electron chi connectivity index (χ4n) is 1.46. The number of ether oxygens (including phenoxy) is 1. The number of carbonyl (C=O) groups excluding carboxylic acids is 1. The van der Waals surface area contributed by atoms with Crippen LogP contribution in [-0.2, 0) is 9.53 Å². The second-order valence-electron chi connectivity index (χ2n) is 3.26. The van der Waals surface area contributed by atoms with Gasteiger partial charge in [-0.1, -0.05) is 12.7 Å². The van der Waals surface area contributed by atoms with Crippen LogP contribution in [0.1, 0.15) is 6.42 Å². The Morgan fingerprint density at radius 3 is 2.87 bits per heavy atom. The van der Waals surface area contributed by atoms with E-state index < -0.39 is 18.1 Å². The van der Waals surface area contributed by atoms with Gasteiger partial charge in [0, 0.05) is 11.8 Å². The molecular weight excluding hydrogens is 218 g/mol. The van der Waals surface area contributed by atoms with Crippen molar-refractivity contribution in [3.63, 3.8) is 0 Å². The minimum absolute atomic E-state index is 0.0823. The number of hydrogen-bond acceptors (Lipinski definition) is 4. The van der Waals surface area contributed by atoms with Crippen molar-refractivity contribution in [3.8, 4) is 0 Å². The van der Waals surface area contributed by atoms with Gasteiger partial charge in [0.25, 0.3) is 0 Å². The summed E-state index contributed by atoms with van der Waals surface area (Å²) in [7, 11) is 0. The maximum absolute atomic E-state index is 11.4. The van der Waals surface area contributed by atoms with Gasteiger partial charge in [-0.15, -0.1) is 0 Å². The minimum Gasteiger partial charge on any atom is -0.480 e. The van der Waals surface area contributed by atoms with E-state index in [0.29, 0.717) is 13.0 Å². The summed E-state index contributed by atoms with van der Waals surface area (Å²) in [6.07, 6.45) is 1.16. The number of thiol groups is 1. The van der Waals surface area contributed by atoms with Gasteiger partial charge in [-0.25, -0.2) is 9.59 Å². The summed E-state index contributed by atoms with van der Waals surface area (Å²) < 4.78 is 4.78. The molecule has 2 atom stereocenters. The molecule has 1 heterocycles. The van der Waals surface area contributed by atoms with E-state index >= 15 is 0 Å². The third kappa shape index (κ3) is 2.89. The summed E-state index contributed by atoms with van der Waals surface area (Å²) in [4.78, 5) is 23.4. The highest BCUT2D eigenvalue weighted by Crippen LogP contribution is 2.22. The van der Waals surface area contributed by atoms with Crippen molar-refractivity contribution >= 4 is 24.7 Å². The van der Waals surface area contributed by atoms with Gasteiger partial charge in [-0.2, -0.15) is 12.6 Å². The smallest absolute Gasteiger partial charge is 0.410 e. The van der Waals surface area contributed by atoms with Crippen LogP contribution in [-0.4, -0.2) is 46.5 Å². The van der Waals surface area contributed by atoms with Crippen molar-refractivity contribution in [2.24, 2.45) is 0 Å². The summed E-state index contributed by atoms with van der Waals surface area (Å²) in [6.45, 7) is 3.79. The van der Waals surface area contributed by atoms with Gasteiger partial charge in [0.05, 0.1) is 0 Å². The zero-order valence-electron chi connectivity index (χ0n) is 8.13. The summed E-state index contributed by atoms with van der Waals surface area (Å²) in [6, 6.07) is -0.829. The molecule has 1 amide bonds. The molecule has 0 aliphatic carbocycles. The lowest BCUT2D eigenvalue weighted by molar-refractivity contribution is -0.141. The summed E-state index contributed by atoms with van der Waals surface area (Å²) in [5.41, 5.74) is 0. The maximum Gasteiger partial charge on any atom is 0.410 e. The molecule has 0 aromatic carbocycles. The molecule has 0 aromatic heterocycles. The molecule has 6 heteroatoms. The highest BCUT2D eigenvalue weighted by molar-refractivity contribution is 7.81. The van der Waals surface area contributed by atoms with E-state index in [9.17, 15) is 9.59 Å². The SMILES string of the molecule is C=CCOC(=O)N1C[C@H](S)C[C@H]1C(=O)O. The Morgan fingerprint density at radius 1 is 1.67 bits per heavy atom. The molecule has 0 aromatic rings. The third-order valence-electron chi connectivity index (χ3n) is 2.12. The second-order valence-corrected chi connectivity index (χ2v) is 3.99. The lowest BCUT2D eigenvalue weighted by Crippen LogP contribution is -2.40.